The number of hydrogen-bond donors (Lipinski definition) is 3. The molecule has 7 nitrogen and oxygen atoms in total. The summed E-state index contributed by atoms with van der Waals surface area (Å²) in [6, 6.07) is 12.0. The summed E-state index contributed by atoms with van der Waals surface area (Å²) in [7, 11) is 0. The zero-order valence-corrected chi connectivity index (χ0v) is 18.6. The second-order valence-electron chi connectivity index (χ2n) is 7.89. The van der Waals surface area contributed by atoms with Gasteiger partial charge in [0.25, 0.3) is 17.7 Å². The average Bonchev–Trinajstić information content (AvgIpc) is 3.48. The maximum absolute atomic E-state index is 12.7. The molecule has 3 N–H and O–H groups in total. The Bertz CT molecular complexity index is 1110. The molecule has 1 aliphatic carbocycles. The fraction of sp³-hybridized carbons (Fsp3) is 0.292. The van der Waals surface area contributed by atoms with Crippen LogP contribution in [-0.4, -0.2) is 23.8 Å². The predicted molar refractivity (Wildman–Crippen MR) is 124 cm³/mol. The zero-order chi connectivity index (χ0) is 22.5. The lowest BCUT2D eigenvalue weighted by Gasteiger charge is -2.23. The lowest BCUT2D eigenvalue weighted by molar-refractivity contribution is 0.0926. The Kier molecular flexibility index (Phi) is 6.70. The molecule has 0 saturated heterocycles. The van der Waals surface area contributed by atoms with Crippen LogP contribution in [0.4, 0.5) is 10.7 Å². The first-order valence-electron chi connectivity index (χ1n) is 10.7. The summed E-state index contributed by atoms with van der Waals surface area (Å²) >= 11 is 1.17. The number of hydrogen-bond acceptors (Lipinski definition) is 5. The van der Waals surface area contributed by atoms with E-state index in [1.807, 2.05) is 6.92 Å². The van der Waals surface area contributed by atoms with Gasteiger partial charge in [0.1, 0.15) is 0 Å². The summed E-state index contributed by atoms with van der Waals surface area (Å²) in [6.45, 7) is 1.86. The quantitative estimate of drug-likeness (QED) is 0.478. The molecule has 4 rings (SSSR count). The molecule has 0 spiro atoms. The smallest absolute Gasteiger partial charge is 0.291 e. The van der Waals surface area contributed by atoms with Crippen LogP contribution >= 0.6 is 11.3 Å². The largest absolute Gasteiger partial charge is 0.459 e. The van der Waals surface area contributed by atoms with Crippen LogP contribution in [0.25, 0.3) is 0 Å². The van der Waals surface area contributed by atoms with Crippen molar-refractivity contribution in [2.24, 2.45) is 0 Å². The van der Waals surface area contributed by atoms with E-state index in [0.717, 1.165) is 31.2 Å². The Morgan fingerprint density at radius 3 is 2.47 bits per heavy atom. The van der Waals surface area contributed by atoms with Gasteiger partial charge >= 0.3 is 0 Å². The Hall–Kier alpha value is -3.39. The highest BCUT2D eigenvalue weighted by molar-refractivity contribution is 7.18. The molecule has 0 aliphatic heterocycles. The average molecular weight is 452 g/mol. The van der Waals surface area contributed by atoms with Gasteiger partial charge in [-0.15, -0.1) is 11.3 Å². The summed E-state index contributed by atoms with van der Waals surface area (Å²) in [5.74, 6) is -0.529. The van der Waals surface area contributed by atoms with E-state index in [1.165, 1.54) is 24.0 Å². The highest BCUT2D eigenvalue weighted by Crippen LogP contribution is 2.25. The SMILES string of the molecule is Cc1cc(C(=O)NC2CCCCC2)ccc1NC(=O)c1ccc(NC(=O)c2ccco2)s1. The van der Waals surface area contributed by atoms with Gasteiger partial charge in [-0.1, -0.05) is 19.3 Å². The lowest BCUT2D eigenvalue weighted by atomic mass is 9.95. The van der Waals surface area contributed by atoms with Crippen LogP contribution in [0.15, 0.2) is 53.1 Å². The van der Waals surface area contributed by atoms with Crippen molar-refractivity contribution < 1.29 is 18.8 Å². The number of rotatable bonds is 6. The van der Waals surface area contributed by atoms with Crippen LogP contribution < -0.4 is 16.0 Å². The van der Waals surface area contributed by atoms with Crippen LogP contribution in [0.1, 0.15) is 68.3 Å². The van der Waals surface area contributed by atoms with E-state index < -0.39 is 0 Å². The number of anilines is 2. The summed E-state index contributed by atoms with van der Waals surface area (Å²) in [5.41, 5.74) is 2.03. The Labute approximate surface area is 190 Å². The van der Waals surface area contributed by atoms with Gasteiger partial charge in [-0.3, -0.25) is 14.4 Å². The molecule has 1 aliphatic rings. The van der Waals surface area contributed by atoms with Gasteiger partial charge in [-0.25, -0.2) is 0 Å². The molecule has 1 aromatic carbocycles. The second-order valence-corrected chi connectivity index (χ2v) is 8.97. The van der Waals surface area contributed by atoms with Gasteiger partial charge in [-0.05, 0) is 67.8 Å². The normalized spacial score (nSPS) is 14.0. The van der Waals surface area contributed by atoms with Crippen LogP contribution in [-0.2, 0) is 0 Å². The molecule has 0 unspecified atom stereocenters. The van der Waals surface area contributed by atoms with Gasteiger partial charge < -0.3 is 20.4 Å². The van der Waals surface area contributed by atoms with Crippen molar-refractivity contribution in [2.75, 3.05) is 10.6 Å². The Morgan fingerprint density at radius 1 is 0.938 bits per heavy atom. The number of thiophene rings is 1. The summed E-state index contributed by atoms with van der Waals surface area (Å²) in [6.07, 6.45) is 7.04. The first-order valence-corrected chi connectivity index (χ1v) is 11.5. The topological polar surface area (TPSA) is 100 Å². The van der Waals surface area contributed by atoms with Crippen molar-refractivity contribution in [3.8, 4) is 0 Å². The molecular weight excluding hydrogens is 426 g/mol. The second kappa shape index (κ2) is 9.82. The van der Waals surface area contributed by atoms with E-state index >= 15 is 0 Å². The van der Waals surface area contributed by atoms with Crippen molar-refractivity contribution in [1.82, 2.24) is 5.32 Å². The molecule has 1 saturated carbocycles. The van der Waals surface area contributed by atoms with Crippen LogP contribution in [0.3, 0.4) is 0 Å². The van der Waals surface area contributed by atoms with Crippen molar-refractivity contribution in [2.45, 2.75) is 45.1 Å². The first-order chi connectivity index (χ1) is 15.5. The highest BCUT2D eigenvalue weighted by atomic mass is 32.1. The number of nitrogens with one attached hydrogen (secondary N) is 3. The third-order valence-corrected chi connectivity index (χ3v) is 6.49. The third-order valence-electron chi connectivity index (χ3n) is 5.49. The maximum Gasteiger partial charge on any atom is 0.291 e. The molecule has 2 heterocycles. The number of amides is 3. The minimum atomic E-state index is -0.373. The predicted octanol–water partition coefficient (Wildman–Crippen LogP) is 5.22. The first kappa shape index (κ1) is 21.8. The zero-order valence-electron chi connectivity index (χ0n) is 17.8. The molecule has 0 atom stereocenters. The van der Waals surface area contributed by atoms with E-state index in [4.69, 9.17) is 4.42 Å². The molecule has 32 heavy (non-hydrogen) atoms. The summed E-state index contributed by atoms with van der Waals surface area (Å²) in [4.78, 5) is 37.8. The minimum absolute atomic E-state index is 0.0759. The van der Waals surface area contributed by atoms with E-state index in [-0.39, 0.29) is 29.5 Å². The number of carbonyl (C=O) groups excluding carboxylic acids is 3. The molecule has 3 aromatic rings. The molecule has 3 amide bonds. The fourth-order valence-corrected chi connectivity index (χ4v) is 4.55. The van der Waals surface area contributed by atoms with E-state index in [9.17, 15) is 14.4 Å². The lowest BCUT2D eigenvalue weighted by Crippen LogP contribution is -2.36. The molecule has 0 radical (unpaired) electrons. The van der Waals surface area contributed by atoms with E-state index in [2.05, 4.69) is 16.0 Å². The Balaban J connectivity index is 1.36. The molecule has 1 fully saturated rings. The maximum atomic E-state index is 12.7. The van der Waals surface area contributed by atoms with Gasteiger partial charge in [-0.2, -0.15) is 0 Å². The molecule has 8 heteroatoms. The Morgan fingerprint density at radius 2 is 1.75 bits per heavy atom. The number of carbonyl (C=O) groups is 3. The number of furan rings is 1. The molecule has 166 valence electrons. The monoisotopic (exact) mass is 451 g/mol. The highest BCUT2D eigenvalue weighted by Gasteiger charge is 2.18. The van der Waals surface area contributed by atoms with Crippen molar-refractivity contribution in [1.29, 1.82) is 0 Å². The van der Waals surface area contributed by atoms with Gasteiger partial charge in [0.05, 0.1) is 16.1 Å². The van der Waals surface area contributed by atoms with Crippen LogP contribution in [0.5, 0.6) is 0 Å². The van der Waals surface area contributed by atoms with Gasteiger partial charge in [0, 0.05) is 17.3 Å². The summed E-state index contributed by atoms with van der Waals surface area (Å²) in [5, 5.41) is 9.24. The van der Waals surface area contributed by atoms with Gasteiger partial charge in [0.2, 0.25) is 0 Å². The standard InChI is InChI=1S/C24H25N3O4S/c1-15-14-16(22(28)25-17-6-3-2-4-7-17)9-10-18(15)26-24(30)20-11-12-21(32-20)27-23(29)19-8-5-13-31-19/h5,8-14,17H,2-4,6-7H2,1H3,(H,25,28)(H,26,30)(H,27,29). The number of aryl methyl sites for hydroxylation is 1. The molecular formula is C24H25N3O4S. The number of benzene rings is 1. The minimum Gasteiger partial charge on any atom is -0.459 e. The van der Waals surface area contributed by atoms with Crippen LogP contribution in [0.2, 0.25) is 0 Å². The molecule has 0 bridgehead atoms. The fourth-order valence-electron chi connectivity index (χ4n) is 3.75. The van der Waals surface area contributed by atoms with E-state index in [0.29, 0.717) is 21.1 Å². The third kappa shape index (κ3) is 5.26. The van der Waals surface area contributed by atoms with Crippen LogP contribution in [0, 0.1) is 6.92 Å². The van der Waals surface area contributed by atoms with Crippen molar-refractivity contribution in [3.63, 3.8) is 0 Å². The molecule has 2 aromatic heterocycles. The summed E-state index contributed by atoms with van der Waals surface area (Å²) < 4.78 is 5.07. The van der Waals surface area contributed by atoms with Crippen molar-refractivity contribution in [3.05, 3.63) is 70.5 Å². The van der Waals surface area contributed by atoms with Crippen molar-refractivity contribution >= 4 is 39.7 Å². The van der Waals surface area contributed by atoms with Gasteiger partial charge in [0.15, 0.2) is 5.76 Å². The van der Waals surface area contributed by atoms with E-state index in [1.54, 1.807) is 42.5 Å².